The molecular formula is C17H13F2NO2S. The monoisotopic (exact) mass is 333 g/mol. The lowest BCUT2D eigenvalue weighted by atomic mass is 10.1. The van der Waals surface area contributed by atoms with Crippen LogP contribution in [0, 0.1) is 11.6 Å². The Morgan fingerprint density at radius 1 is 1.13 bits per heavy atom. The summed E-state index contributed by atoms with van der Waals surface area (Å²) in [7, 11) is 0. The number of benzene rings is 2. The van der Waals surface area contributed by atoms with Crippen molar-refractivity contribution in [3.63, 3.8) is 0 Å². The van der Waals surface area contributed by atoms with Gasteiger partial charge >= 0.3 is 0 Å². The van der Waals surface area contributed by atoms with Gasteiger partial charge in [0, 0.05) is 16.8 Å². The summed E-state index contributed by atoms with van der Waals surface area (Å²) in [4.78, 5) is 11.9. The number of hydrogen-bond acceptors (Lipinski definition) is 3. The molecule has 0 aliphatic rings. The number of carbonyl (C=O) groups excluding carboxylic acids is 1. The fourth-order valence-electron chi connectivity index (χ4n) is 2.36. The first-order chi connectivity index (χ1) is 11.1. The maximum atomic E-state index is 13.5. The predicted molar refractivity (Wildman–Crippen MR) is 85.5 cm³/mol. The van der Waals surface area contributed by atoms with Gasteiger partial charge in [0.1, 0.15) is 17.2 Å². The van der Waals surface area contributed by atoms with Crippen molar-refractivity contribution < 1.29 is 18.7 Å². The minimum absolute atomic E-state index is 0.132. The first kappa shape index (κ1) is 15.6. The number of carbonyl (C=O) groups is 1. The highest BCUT2D eigenvalue weighted by Crippen LogP contribution is 2.29. The highest BCUT2D eigenvalue weighted by molar-refractivity contribution is 7.17. The van der Waals surface area contributed by atoms with Crippen molar-refractivity contribution in [2.45, 2.75) is 6.10 Å². The largest absolute Gasteiger partial charge is 0.387 e. The summed E-state index contributed by atoms with van der Waals surface area (Å²) in [5.74, 6) is -2.75. The van der Waals surface area contributed by atoms with Crippen LogP contribution in [0.5, 0.6) is 0 Å². The number of amides is 1. The second-order valence-corrected chi connectivity index (χ2v) is 5.92. The van der Waals surface area contributed by atoms with Crippen LogP contribution in [0.25, 0.3) is 10.1 Å². The van der Waals surface area contributed by atoms with Crippen LogP contribution >= 0.6 is 11.3 Å². The minimum atomic E-state index is -0.954. The van der Waals surface area contributed by atoms with Crippen molar-refractivity contribution in [2.24, 2.45) is 0 Å². The SMILES string of the molecule is O=C(NC[C@H](O)c1csc2ccccc12)c1c(F)cccc1F. The summed E-state index contributed by atoms with van der Waals surface area (Å²) in [6.07, 6.45) is -0.954. The predicted octanol–water partition coefficient (Wildman–Crippen LogP) is 3.64. The van der Waals surface area contributed by atoms with E-state index in [4.69, 9.17) is 0 Å². The number of aliphatic hydroxyl groups excluding tert-OH is 1. The first-order valence-electron chi connectivity index (χ1n) is 6.94. The molecule has 3 nitrogen and oxygen atoms in total. The van der Waals surface area contributed by atoms with Crippen molar-refractivity contribution in [3.8, 4) is 0 Å². The van der Waals surface area contributed by atoms with Crippen LogP contribution in [0.1, 0.15) is 22.0 Å². The number of thiophene rings is 1. The molecule has 1 heterocycles. The molecule has 0 saturated carbocycles. The Morgan fingerprint density at radius 3 is 2.57 bits per heavy atom. The van der Waals surface area contributed by atoms with Gasteiger partial charge in [0.2, 0.25) is 0 Å². The molecule has 0 bridgehead atoms. The Hall–Kier alpha value is -2.31. The van der Waals surface area contributed by atoms with Gasteiger partial charge in [-0.1, -0.05) is 24.3 Å². The quantitative estimate of drug-likeness (QED) is 0.766. The molecule has 0 aliphatic carbocycles. The van der Waals surface area contributed by atoms with Crippen molar-refractivity contribution in [1.29, 1.82) is 0 Å². The van der Waals surface area contributed by atoms with Crippen LogP contribution in [0.2, 0.25) is 0 Å². The van der Waals surface area contributed by atoms with E-state index < -0.39 is 29.2 Å². The zero-order valence-corrected chi connectivity index (χ0v) is 12.7. The van der Waals surface area contributed by atoms with Crippen LogP contribution in [-0.4, -0.2) is 17.6 Å². The molecule has 2 N–H and O–H groups in total. The molecule has 3 rings (SSSR count). The van der Waals surface area contributed by atoms with Gasteiger partial charge in [0.05, 0.1) is 6.10 Å². The number of hydrogen-bond donors (Lipinski definition) is 2. The van der Waals surface area contributed by atoms with Gasteiger partial charge in [-0.25, -0.2) is 8.78 Å². The summed E-state index contributed by atoms with van der Waals surface area (Å²) in [5, 5.41) is 15.3. The number of halogens is 2. The Balaban J connectivity index is 1.74. The van der Waals surface area contributed by atoms with E-state index in [0.717, 1.165) is 22.2 Å². The molecule has 0 aliphatic heterocycles. The third-order valence-electron chi connectivity index (χ3n) is 3.52. The van der Waals surface area contributed by atoms with E-state index in [0.29, 0.717) is 5.56 Å². The topological polar surface area (TPSA) is 49.3 Å². The summed E-state index contributed by atoms with van der Waals surface area (Å²) in [5.41, 5.74) is 0.0368. The second kappa shape index (κ2) is 6.44. The van der Waals surface area contributed by atoms with Crippen LogP contribution in [0.4, 0.5) is 8.78 Å². The van der Waals surface area contributed by atoms with E-state index in [1.165, 1.54) is 17.4 Å². The van der Waals surface area contributed by atoms with E-state index in [-0.39, 0.29) is 6.54 Å². The van der Waals surface area contributed by atoms with Crippen LogP contribution in [0.15, 0.2) is 47.8 Å². The normalized spacial score (nSPS) is 12.3. The van der Waals surface area contributed by atoms with Gasteiger partial charge < -0.3 is 10.4 Å². The van der Waals surface area contributed by atoms with Crippen molar-refractivity contribution >= 4 is 27.3 Å². The lowest BCUT2D eigenvalue weighted by Gasteiger charge is -2.12. The molecule has 0 radical (unpaired) electrons. The van der Waals surface area contributed by atoms with Gasteiger partial charge in [-0.3, -0.25) is 4.79 Å². The zero-order valence-electron chi connectivity index (χ0n) is 11.9. The molecule has 0 fully saturated rings. The standard InChI is InChI=1S/C17H13F2NO2S/c18-12-5-3-6-13(19)16(12)17(22)20-8-14(21)11-9-23-15-7-2-1-4-10(11)15/h1-7,9,14,21H,8H2,(H,20,22)/t14-/m0/s1. The summed E-state index contributed by atoms with van der Waals surface area (Å²) in [6.45, 7) is -0.132. The molecule has 0 saturated heterocycles. The van der Waals surface area contributed by atoms with Gasteiger partial charge in [-0.05, 0) is 29.0 Å². The average molecular weight is 333 g/mol. The Labute approximate surface area is 135 Å². The maximum absolute atomic E-state index is 13.5. The fraction of sp³-hybridized carbons (Fsp3) is 0.118. The zero-order chi connectivity index (χ0) is 16.4. The van der Waals surface area contributed by atoms with Gasteiger partial charge in [0.15, 0.2) is 0 Å². The van der Waals surface area contributed by atoms with Gasteiger partial charge in [-0.2, -0.15) is 0 Å². The molecule has 0 unspecified atom stereocenters. The number of nitrogens with one attached hydrogen (secondary N) is 1. The van der Waals surface area contributed by atoms with Crippen molar-refractivity contribution in [1.82, 2.24) is 5.32 Å². The van der Waals surface area contributed by atoms with E-state index >= 15 is 0 Å². The summed E-state index contributed by atoms with van der Waals surface area (Å²) in [6, 6.07) is 10.8. The smallest absolute Gasteiger partial charge is 0.257 e. The molecular weight excluding hydrogens is 320 g/mol. The fourth-order valence-corrected chi connectivity index (χ4v) is 3.37. The highest BCUT2D eigenvalue weighted by atomic mass is 32.1. The molecule has 1 aromatic heterocycles. The third-order valence-corrected chi connectivity index (χ3v) is 4.50. The van der Waals surface area contributed by atoms with Crippen molar-refractivity contribution in [3.05, 3.63) is 70.6 Å². The van der Waals surface area contributed by atoms with E-state index in [1.54, 1.807) is 0 Å². The Bertz CT molecular complexity index is 842. The molecule has 3 aromatic rings. The summed E-state index contributed by atoms with van der Waals surface area (Å²) >= 11 is 1.49. The molecule has 1 atom stereocenters. The van der Waals surface area contributed by atoms with Crippen molar-refractivity contribution in [2.75, 3.05) is 6.54 Å². The van der Waals surface area contributed by atoms with Crippen LogP contribution in [0.3, 0.4) is 0 Å². The van der Waals surface area contributed by atoms with E-state index in [9.17, 15) is 18.7 Å². The highest BCUT2D eigenvalue weighted by Gasteiger charge is 2.19. The van der Waals surface area contributed by atoms with Gasteiger partial charge in [-0.15, -0.1) is 11.3 Å². The van der Waals surface area contributed by atoms with E-state index in [2.05, 4.69) is 5.32 Å². The Morgan fingerprint density at radius 2 is 1.83 bits per heavy atom. The molecule has 118 valence electrons. The maximum Gasteiger partial charge on any atom is 0.257 e. The second-order valence-electron chi connectivity index (χ2n) is 5.01. The van der Waals surface area contributed by atoms with Crippen LogP contribution < -0.4 is 5.32 Å². The molecule has 6 heteroatoms. The Kier molecular flexibility index (Phi) is 4.36. The first-order valence-corrected chi connectivity index (χ1v) is 7.82. The average Bonchev–Trinajstić information content (AvgIpc) is 2.96. The molecule has 23 heavy (non-hydrogen) atoms. The molecule has 2 aromatic carbocycles. The number of rotatable bonds is 4. The number of fused-ring (bicyclic) bond motifs is 1. The van der Waals surface area contributed by atoms with E-state index in [1.807, 2.05) is 29.6 Å². The lowest BCUT2D eigenvalue weighted by Crippen LogP contribution is -2.29. The van der Waals surface area contributed by atoms with Gasteiger partial charge in [0.25, 0.3) is 5.91 Å². The van der Waals surface area contributed by atoms with Crippen LogP contribution in [-0.2, 0) is 0 Å². The molecule has 1 amide bonds. The lowest BCUT2D eigenvalue weighted by molar-refractivity contribution is 0.0908. The third kappa shape index (κ3) is 3.09. The summed E-state index contributed by atoms with van der Waals surface area (Å²) < 4.78 is 28.1. The number of aliphatic hydroxyl groups is 1. The minimum Gasteiger partial charge on any atom is -0.387 e. The molecule has 0 spiro atoms.